The third kappa shape index (κ3) is 2.07. The van der Waals surface area contributed by atoms with Gasteiger partial charge in [-0.2, -0.15) is 5.26 Å². The maximum absolute atomic E-state index is 9.86. The topological polar surface area (TPSA) is 27.0 Å². The van der Waals surface area contributed by atoms with Gasteiger partial charge in [0.15, 0.2) is 0 Å². The van der Waals surface area contributed by atoms with Crippen molar-refractivity contribution in [3.63, 3.8) is 0 Å². The predicted octanol–water partition coefficient (Wildman–Crippen LogP) is 3.54. The van der Waals surface area contributed by atoms with Crippen LogP contribution in [0.3, 0.4) is 0 Å². The van der Waals surface area contributed by atoms with Crippen molar-refractivity contribution < 1.29 is 0 Å². The molecular weight excluding hydrogens is 220 g/mol. The highest BCUT2D eigenvalue weighted by atomic mass is 15.2. The van der Waals surface area contributed by atoms with Gasteiger partial charge in [-0.15, -0.1) is 0 Å². The zero-order chi connectivity index (χ0) is 13.7. The van der Waals surface area contributed by atoms with Gasteiger partial charge in [-0.1, -0.05) is 20.8 Å². The monoisotopic (exact) mass is 248 g/mol. The Balaban J connectivity index is 2.28. The third-order valence-electron chi connectivity index (χ3n) is 5.46. The molecular formula is C16H28N2. The van der Waals surface area contributed by atoms with Gasteiger partial charge in [0.1, 0.15) is 0 Å². The minimum atomic E-state index is -0.107. The number of hydrogen-bond donors (Lipinski definition) is 0. The number of likely N-dealkylation sites (tertiary alicyclic amines) is 1. The van der Waals surface area contributed by atoms with Gasteiger partial charge in [-0.05, 0) is 50.9 Å². The van der Waals surface area contributed by atoms with Crippen molar-refractivity contribution in [3.05, 3.63) is 0 Å². The van der Waals surface area contributed by atoms with E-state index in [1.54, 1.807) is 0 Å². The summed E-state index contributed by atoms with van der Waals surface area (Å²) in [5.41, 5.74) is 0.0801. The number of rotatable bonds is 2. The maximum atomic E-state index is 9.86. The largest absolute Gasteiger partial charge is 0.297 e. The van der Waals surface area contributed by atoms with Crippen LogP contribution in [0.1, 0.15) is 48.0 Å². The van der Waals surface area contributed by atoms with E-state index in [-0.39, 0.29) is 11.0 Å². The molecule has 0 spiro atoms. The lowest BCUT2D eigenvalue weighted by Gasteiger charge is -2.48. The van der Waals surface area contributed by atoms with Crippen molar-refractivity contribution >= 4 is 0 Å². The number of nitrogens with zero attached hydrogens (tertiary/aromatic N) is 2. The number of piperidine rings is 1. The quantitative estimate of drug-likeness (QED) is 0.747. The summed E-state index contributed by atoms with van der Waals surface area (Å²) in [6, 6.07) is 2.75. The molecule has 102 valence electrons. The van der Waals surface area contributed by atoms with Crippen molar-refractivity contribution in [1.82, 2.24) is 4.90 Å². The zero-order valence-corrected chi connectivity index (χ0v) is 12.8. The molecule has 1 heterocycles. The second-order valence-electron chi connectivity index (χ2n) is 7.84. The highest BCUT2D eigenvalue weighted by Gasteiger charge is 2.60. The molecule has 0 aromatic heterocycles. The fourth-order valence-corrected chi connectivity index (χ4v) is 3.67. The summed E-state index contributed by atoms with van der Waals surface area (Å²) in [5, 5.41) is 9.86. The lowest BCUT2D eigenvalue weighted by Crippen LogP contribution is -2.55. The van der Waals surface area contributed by atoms with Gasteiger partial charge in [0.2, 0.25) is 0 Å². The molecule has 1 saturated carbocycles. The van der Waals surface area contributed by atoms with E-state index < -0.39 is 0 Å². The molecule has 4 atom stereocenters. The van der Waals surface area contributed by atoms with Crippen LogP contribution >= 0.6 is 0 Å². The van der Waals surface area contributed by atoms with Gasteiger partial charge >= 0.3 is 0 Å². The van der Waals surface area contributed by atoms with Crippen LogP contribution in [0.15, 0.2) is 0 Å². The van der Waals surface area contributed by atoms with E-state index in [4.69, 9.17) is 0 Å². The maximum Gasteiger partial charge on any atom is 0.0760 e. The number of fused-ring (bicyclic) bond motifs is 1. The van der Waals surface area contributed by atoms with Gasteiger partial charge < -0.3 is 0 Å². The Bertz CT molecular complexity index is 360. The minimum absolute atomic E-state index is 0.107. The highest BCUT2D eigenvalue weighted by molar-refractivity contribution is 5.18. The second-order valence-corrected chi connectivity index (χ2v) is 7.84. The van der Waals surface area contributed by atoms with E-state index in [0.29, 0.717) is 17.8 Å². The van der Waals surface area contributed by atoms with Gasteiger partial charge in [0, 0.05) is 18.6 Å². The van der Waals surface area contributed by atoms with Crippen LogP contribution in [0.2, 0.25) is 0 Å². The van der Waals surface area contributed by atoms with Crippen LogP contribution in [0.4, 0.5) is 0 Å². The molecule has 0 N–H and O–H groups in total. The summed E-state index contributed by atoms with van der Waals surface area (Å²) in [6.45, 7) is 15.8. The minimum Gasteiger partial charge on any atom is -0.297 e. The predicted molar refractivity (Wildman–Crippen MR) is 75.0 cm³/mol. The Morgan fingerprint density at radius 1 is 1.28 bits per heavy atom. The lowest BCUT2D eigenvalue weighted by molar-refractivity contribution is 0.00752. The summed E-state index contributed by atoms with van der Waals surface area (Å²) in [5.74, 6) is 2.52. The Labute approximate surface area is 112 Å². The summed E-state index contributed by atoms with van der Waals surface area (Å²) in [6.07, 6.45) is 1.27. The fraction of sp³-hybridized carbons (Fsp3) is 0.938. The highest BCUT2D eigenvalue weighted by Crippen LogP contribution is 2.59. The van der Waals surface area contributed by atoms with E-state index in [0.717, 1.165) is 12.5 Å². The SMILES string of the molecule is CC(C)C(C)[C@]1(C#N)CN(C(C)(C)C)CC2CC21. The number of nitriles is 1. The van der Waals surface area contributed by atoms with E-state index in [2.05, 4.69) is 52.5 Å². The van der Waals surface area contributed by atoms with Crippen molar-refractivity contribution in [1.29, 1.82) is 5.26 Å². The molecule has 0 radical (unpaired) electrons. The molecule has 0 bridgehead atoms. The first-order valence-corrected chi connectivity index (χ1v) is 7.38. The second kappa shape index (κ2) is 4.23. The lowest BCUT2D eigenvalue weighted by atomic mass is 9.66. The summed E-state index contributed by atoms with van der Waals surface area (Å²) < 4.78 is 0. The molecule has 1 aliphatic heterocycles. The molecule has 18 heavy (non-hydrogen) atoms. The van der Waals surface area contributed by atoms with Crippen molar-refractivity contribution in [3.8, 4) is 6.07 Å². The average Bonchev–Trinajstić information content (AvgIpc) is 3.04. The summed E-state index contributed by atoms with van der Waals surface area (Å²) >= 11 is 0. The first-order chi connectivity index (χ1) is 8.22. The molecule has 2 heteroatoms. The molecule has 2 nitrogen and oxygen atoms in total. The van der Waals surface area contributed by atoms with Crippen LogP contribution in [0.5, 0.6) is 0 Å². The van der Waals surface area contributed by atoms with Gasteiger partial charge in [0.05, 0.1) is 11.5 Å². The molecule has 0 aromatic rings. The smallest absolute Gasteiger partial charge is 0.0760 e. The van der Waals surface area contributed by atoms with Gasteiger partial charge in [-0.3, -0.25) is 4.90 Å². The van der Waals surface area contributed by atoms with Crippen LogP contribution in [0, 0.1) is 40.4 Å². The Hall–Kier alpha value is -0.550. The molecule has 2 fully saturated rings. The number of hydrogen-bond acceptors (Lipinski definition) is 2. The summed E-state index contributed by atoms with van der Waals surface area (Å²) in [4.78, 5) is 2.54. The first-order valence-electron chi connectivity index (χ1n) is 7.38. The van der Waals surface area contributed by atoms with Gasteiger partial charge in [0.25, 0.3) is 0 Å². The molecule has 2 rings (SSSR count). The molecule has 3 unspecified atom stereocenters. The van der Waals surface area contributed by atoms with E-state index >= 15 is 0 Å². The Morgan fingerprint density at radius 3 is 2.33 bits per heavy atom. The molecule has 1 aliphatic carbocycles. The Kier molecular flexibility index (Phi) is 3.26. The van der Waals surface area contributed by atoms with E-state index in [9.17, 15) is 5.26 Å². The fourth-order valence-electron chi connectivity index (χ4n) is 3.67. The van der Waals surface area contributed by atoms with Crippen LogP contribution in [-0.2, 0) is 0 Å². The van der Waals surface area contributed by atoms with Crippen LogP contribution in [-0.4, -0.2) is 23.5 Å². The summed E-state index contributed by atoms with van der Waals surface area (Å²) in [7, 11) is 0. The Morgan fingerprint density at radius 2 is 1.89 bits per heavy atom. The van der Waals surface area contributed by atoms with Crippen LogP contribution in [0.25, 0.3) is 0 Å². The molecule has 0 aromatic carbocycles. The van der Waals surface area contributed by atoms with Crippen molar-refractivity contribution in [2.24, 2.45) is 29.1 Å². The molecule has 1 saturated heterocycles. The van der Waals surface area contributed by atoms with Crippen LogP contribution < -0.4 is 0 Å². The third-order valence-corrected chi connectivity index (χ3v) is 5.46. The average molecular weight is 248 g/mol. The normalized spacial score (nSPS) is 38.1. The van der Waals surface area contributed by atoms with E-state index in [1.807, 2.05) is 0 Å². The van der Waals surface area contributed by atoms with E-state index in [1.165, 1.54) is 13.0 Å². The van der Waals surface area contributed by atoms with Crippen molar-refractivity contribution in [2.45, 2.75) is 53.5 Å². The standard InChI is InChI=1S/C16H28N2/c1-11(2)12(3)16(9-17)10-18(15(4,5)6)8-13-7-14(13)16/h11-14H,7-8,10H2,1-6H3/t12?,13?,14?,16-/m0/s1. The zero-order valence-electron chi connectivity index (χ0n) is 12.8. The first kappa shape index (κ1) is 13.9. The van der Waals surface area contributed by atoms with Crippen molar-refractivity contribution in [2.75, 3.05) is 13.1 Å². The molecule has 2 aliphatic rings. The van der Waals surface area contributed by atoms with Gasteiger partial charge in [-0.25, -0.2) is 0 Å². The molecule has 0 amide bonds.